The average Bonchev–Trinajstić information content (AvgIpc) is 2.63. The molecule has 0 spiro atoms. The Labute approximate surface area is 147 Å². The van der Waals surface area contributed by atoms with Crippen molar-refractivity contribution in [3.63, 3.8) is 0 Å². The summed E-state index contributed by atoms with van der Waals surface area (Å²) in [6.45, 7) is 0.870. The van der Waals surface area contributed by atoms with Gasteiger partial charge in [-0.1, -0.05) is 18.2 Å². The zero-order valence-electron chi connectivity index (χ0n) is 14.6. The summed E-state index contributed by atoms with van der Waals surface area (Å²) in [5.74, 6) is 0. The number of carbonyl (C=O) groups is 1. The molecule has 0 saturated heterocycles. The smallest absolute Gasteiger partial charge is 0.124 e. The van der Waals surface area contributed by atoms with Crippen LogP contribution in [0.2, 0.25) is 0 Å². The first-order valence-corrected chi connectivity index (χ1v) is 8.36. The highest BCUT2D eigenvalue weighted by Crippen LogP contribution is 2.30. The van der Waals surface area contributed by atoms with E-state index in [1.54, 1.807) is 6.20 Å². The van der Waals surface area contributed by atoms with Gasteiger partial charge >= 0.3 is 0 Å². The number of rotatable bonds is 7. The minimum absolute atomic E-state index is 0.317. The van der Waals surface area contributed by atoms with Gasteiger partial charge in [0.25, 0.3) is 0 Å². The van der Waals surface area contributed by atoms with E-state index >= 15 is 0 Å². The van der Waals surface area contributed by atoms with Gasteiger partial charge in [-0.25, -0.2) is 0 Å². The summed E-state index contributed by atoms with van der Waals surface area (Å²) in [6.07, 6.45) is 3.79. The van der Waals surface area contributed by atoms with E-state index in [1.165, 1.54) is 0 Å². The van der Waals surface area contributed by atoms with E-state index in [4.69, 9.17) is 4.98 Å². The fourth-order valence-corrected chi connectivity index (χ4v) is 2.82. The Morgan fingerprint density at radius 3 is 2.64 bits per heavy atom. The van der Waals surface area contributed by atoms with Gasteiger partial charge in [0.1, 0.15) is 11.8 Å². The van der Waals surface area contributed by atoms with Gasteiger partial charge in [-0.2, -0.15) is 0 Å². The van der Waals surface area contributed by atoms with Gasteiger partial charge in [-0.15, -0.1) is 0 Å². The molecule has 128 valence electrons. The van der Waals surface area contributed by atoms with Crippen molar-refractivity contribution in [2.45, 2.75) is 12.8 Å². The fraction of sp³-hybridized carbons (Fsp3) is 0.250. The monoisotopic (exact) mass is 334 g/mol. The molecule has 5 heteroatoms. The number of nitrogens with one attached hydrogen (secondary N) is 1. The Hall–Kier alpha value is -2.79. The Balaban J connectivity index is 2.15. The molecule has 0 aliphatic heterocycles. The lowest BCUT2D eigenvalue weighted by molar-refractivity contribution is -0.107. The molecule has 1 N–H and O–H groups in total. The molecule has 3 aromatic rings. The Kier molecular flexibility index (Phi) is 5.36. The van der Waals surface area contributed by atoms with Crippen LogP contribution in [0.3, 0.4) is 0 Å². The number of pyridine rings is 2. The maximum Gasteiger partial charge on any atom is 0.124 e. The molecule has 0 atom stereocenters. The molecule has 0 saturated carbocycles. The summed E-state index contributed by atoms with van der Waals surface area (Å²) < 4.78 is 0. The molecular weight excluding hydrogens is 312 g/mol. The van der Waals surface area contributed by atoms with Crippen molar-refractivity contribution in [1.29, 1.82) is 0 Å². The van der Waals surface area contributed by atoms with Crippen LogP contribution < -0.4 is 5.32 Å². The molecule has 0 unspecified atom stereocenters. The van der Waals surface area contributed by atoms with Crippen molar-refractivity contribution in [1.82, 2.24) is 14.9 Å². The topological polar surface area (TPSA) is 58.1 Å². The van der Waals surface area contributed by atoms with Gasteiger partial charge in [0, 0.05) is 42.5 Å². The second-order valence-corrected chi connectivity index (χ2v) is 6.20. The van der Waals surface area contributed by atoms with E-state index < -0.39 is 0 Å². The number of carbonyl (C=O) groups excluding carboxylic acids is 1. The molecule has 25 heavy (non-hydrogen) atoms. The van der Waals surface area contributed by atoms with E-state index in [0.717, 1.165) is 52.9 Å². The first kappa shape index (κ1) is 17.0. The Morgan fingerprint density at radius 1 is 1.12 bits per heavy atom. The lowest BCUT2D eigenvalue weighted by atomic mass is 10.0. The highest BCUT2D eigenvalue weighted by atomic mass is 16.1. The lowest BCUT2D eigenvalue weighted by Gasteiger charge is -2.18. The van der Waals surface area contributed by atoms with E-state index in [2.05, 4.69) is 15.2 Å². The third-order valence-corrected chi connectivity index (χ3v) is 4.06. The number of anilines is 2. The van der Waals surface area contributed by atoms with Crippen LogP contribution in [0.25, 0.3) is 11.0 Å². The number of hydrogen-bond donors (Lipinski definition) is 1. The fourth-order valence-electron chi connectivity index (χ4n) is 2.82. The normalized spacial score (nSPS) is 11.0. The molecule has 0 aliphatic rings. The molecule has 0 radical (unpaired) electrons. The van der Waals surface area contributed by atoms with E-state index in [-0.39, 0.29) is 0 Å². The number of benzene rings is 1. The standard InChI is InChI=1S/C20H22N4O/c1-24(2)13-10-17-16(11-14-25)19(22-15-7-4-3-5-8-15)20-18(23-17)9-6-12-21-20/h3-9,12,14H,10-11,13H2,1-2H3,(H,22,23). The Morgan fingerprint density at radius 2 is 1.92 bits per heavy atom. The van der Waals surface area contributed by atoms with Gasteiger partial charge in [0.2, 0.25) is 0 Å². The van der Waals surface area contributed by atoms with Gasteiger partial charge in [0.15, 0.2) is 0 Å². The number of fused-ring (bicyclic) bond motifs is 1. The highest BCUT2D eigenvalue weighted by molar-refractivity contribution is 5.92. The SMILES string of the molecule is CN(C)CCc1nc2cccnc2c(Nc2ccccc2)c1CC=O. The molecule has 0 aliphatic carbocycles. The number of likely N-dealkylation sites (N-methyl/N-ethyl adjacent to an activating group) is 1. The molecule has 2 heterocycles. The van der Waals surface area contributed by atoms with Crippen LogP contribution in [-0.4, -0.2) is 41.8 Å². The maximum atomic E-state index is 11.3. The second-order valence-electron chi connectivity index (χ2n) is 6.20. The largest absolute Gasteiger partial charge is 0.353 e. The number of nitrogens with zero attached hydrogens (tertiary/aromatic N) is 3. The first-order valence-electron chi connectivity index (χ1n) is 8.36. The third kappa shape index (κ3) is 4.00. The predicted octanol–water partition coefficient (Wildman–Crippen LogP) is 3.22. The van der Waals surface area contributed by atoms with Crippen molar-refractivity contribution in [3.8, 4) is 0 Å². The number of hydrogen-bond acceptors (Lipinski definition) is 5. The van der Waals surface area contributed by atoms with Crippen molar-refractivity contribution >= 4 is 28.7 Å². The van der Waals surface area contributed by atoms with Crippen molar-refractivity contribution in [2.75, 3.05) is 26.0 Å². The zero-order valence-corrected chi connectivity index (χ0v) is 14.6. The average molecular weight is 334 g/mol. The number of para-hydroxylation sites is 1. The lowest BCUT2D eigenvalue weighted by Crippen LogP contribution is -2.17. The van der Waals surface area contributed by atoms with Crippen LogP contribution in [0.5, 0.6) is 0 Å². The quantitative estimate of drug-likeness (QED) is 0.672. The van der Waals surface area contributed by atoms with Gasteiger partial charge < -0.3 is 15.0 Å². The van der Waals surface area contributed by atoms with Crippen LogP contribution in [0, 0.1) is 0 Å². The molecule has 0 fully saturated rings. The molecule has 0 bridgehead atoms. The summed E-state index contributed by atoms with van der Waals surface area (Å²) in [5.41, 5.74) is 5.33. The van der Waals surface area contributed by atoms with Crippen LogP contribution in [0.4, 0.5) is 11.4 Å². The Bertz CT molecular complexity index is 862. The molecule has 0 amide bonds. The van der Waals surface area contributed by atoms with Crippen LogP contribution in [-0.2, 0) is 17.6 Å². The number of aldehydes is 1. The molecule has 2 aromatic heterocycles. The summed E-state index contributed by atoms with van der Waals surface area (Å²) in [4.78, 5) is 22.7. The molecular formula is C20H22N4O. The molecule has 5 nitrogen and oxygen atoms in total. The van der Waals surface area contributed by atoms with Gasteiger partial charge in [0.05, 0.1) is 11.2 Å². The number of aromatic nitrogens is 2. The van der Waals surface area contributed by atoms with Gasteiger partial charge in [-0.05, 0) is 38.4 Å². The second kappa shape index (κ2) is 7.85. The van der Waals surface area contributed by atoms with Gasteiger partial charge in [-0.3, -0.25) is 9.97 Å². The predicted molar refractivity (Wildman–Crippen MR) is 101 cm³/mol. The van der Waals surface area contributed by atoms with Crippen LogP contribution >= 0.6 is 0 Å². The van der Waals surface area contributed by atoms with E-state index in [1.807, 2.05) is 56.6 Å². The molecule has 3 rings (SSSR count). The minimum atomic E-state index is 0.317. The van der Waals surface area contributed by atoms with Crippen molar-refractivity contribution in [3.05, 3.63) is 59.9 Å². The maximum absolute atomic E-state index is 11.3. The van der Waals surface area contributed by atoms with Crippen LogP contribution in [0.15, 0.2) is 48.7 Å². The van der Waals surface area contributed by atoms with E-state index in [9.17, 15) is 4.79 Å². The van der Waals surface area contributed by atoms with Crippen LogP contribution in [0.1, 0.15) is 11.3 Å². The summed E-state index contributed by atoms with van der Waals surface area (Å²) in [7, 11) is 4.07. The van der Waals surface area contributed by atoms with Crippen molar-refractivity contribution < 1.29 is 4.79 Å². The summed E-state index contributed by atoms with van der Waals surface area (Å²) >= 11 is 0. The minimum Gasteiger partial charge on any atom is -0.353 e. The molecule has 1 aromatic carbocycles. The summed E-state index contributed by atoms with van der Waals surface area (Å²) in [5, 5.41) is 3.45. The van der Waals surface area contributed by atoms with Crippen molar-refractivity contribution in [2.24, 2.45) is 0 Å². The zero-order chi connectivity index (χ0) is 17.6. The van der Waals surface area contributed by atoms with E-state index in [0.29, 0.717) is 6.42 Å². The summed E-state index contributed by atoms with van der Waals surface area (Å²) in [6, 6.07) is 13.8. The third-order valence-electron chi connectivity index (χ3n) is 4.06. The highest BCUT2D eigenvalue weighted by Gasteiger charge is 2.16. The first-order chi connectivity index (χ1) is 12.2.